The van der Waals surface area contributed by atoms with Gasteiger partial charge in [-0.2, -0.15) is 0 Å². The SMILES string of the molecule is COC(=O)C1=CCC2C(OCc3ccc(OC)cc3)CC[C@H]12. The molecule has 1 saturated carbocycles. The van der Waals surface area contributed by atoms with Gasteiger partial charge in [-0.3, -0.25) is 0 Å². The summed E-state index contributed by atoms with van der Waals surface area (Å²) in [5, 5.41) is 0. The highest BCUT2D eigenvalue weighted by Crippen LogP contribution is 2.46. The second-order valence-electron chi connectivity index (χ2n) is 5.93. The number of hydrogen-bond acceptors (Lipinski definition) is 4. The van der Waals surface area contributed by atoms with E-state index in [2.05, 4.69) is 0 Å². The molecule has 0 N–H and O–H groups in total. The van der Waals surface area contributed by atoms with Crippen LogP contribution in [-0.4, -0.2) is 26.3 Å². The molecule has 0 heterocycles. The number of carbonyl (C=O) groups excluding carboxylic acids is 1. The Labute approximate surface area is 131 Å². The Balaban J connectivity index is 1.56. The normalized spacial score (nSPS) is 26.5. The highest BCUT2D eigenvalue weighted by molar-refractivity contribution is 5.89. The molecule has 0 aliphatic heterocycles. The average molecular weight is 302 g/mol. The molecule has 3 rings (SSSR count). The quantitative estimate of drug-likeness (QED) is 0.784. The zero-order valence-corrected chi connectivity index (χ0v) is 13.1. The Morgan fingerprint density at radius 1 is 1.18 bits per heavy atom. The number of methoxy groups -OCH3 is 2. The van der Waals surface area contributed by atoms with Crippen LogP contribution >= 0.6 is 0 Å². The molecule has 0 radical (unpaired) electrons. The van der Waals surface area contributed by atoms with Crippen LogP contribution in [0.1, 0.15) is 24.8 Å². The third kappa shape index (κ3) is 2.88. The van der Waals surface area contributed by atoms with E-state index in [1.807, 2.05) is 30.3 Å². The van der Waals surface area contributed by atoms with E-state index in [0.717, 1.165) is 36.1 Å². The lowest BCUT2D eigenvalue weighted by Gasteiger charge is -2.20. The number of benzene rings is 1. The largest absolute Gasteiger partial charge is 0.497 e. The molecule has 1 aromatic rings. The van der Waals surface area contributed by atoms with Crippen molar-refractivity contribution in [2.45, 2.75) is 32.0 Å². The maximum Gasteiger partial charge on any atom is 0.333 e. The lowest BCUT2D eigenvalue weighted by Crippen LogP contribution is -2.21. The summed E-state index contributed by atoms with van der Waals surface area (Å²) in [5.41, 5.74) is 1.99. The molecule has 22 heavy (non-hydrogen) atoms. The second-order valence-corrected chi connectivity index (χ2v) is 5.93. The summed E-state index contributed by atoms with van der Waals surface area (Å²) in [6.07, 6.45) is 5.20. The molecule has 118 valence electrons. The fourth-order valence-electron chi connectivity index (χ4n) is 3.63. The van der Waals surface area contributed by atoms with Crippen molar-refractivity contribution in [1.29, 1.82) is 0 Å². The summed E-state index contributed by atoms with van der Waals surface area (Å²) in [5.74, 6) is 1.41. The number of carbonyl (C=O) groups is 1. The van der Waals surface area contributed by atoms with Crippen LogP contribution < -0.4 is 4.74 Å². The van der Waals surface area contributed by atoms with Gasteiger partial charge in [0.25, 0.3) is 0 Å². The lowest BCUT2D eigenvalue weighted by molar-refractivity contribution is -0.136. The predicted molar refractivity (Wildman–Crippen MR) is 82.5 cm³/mol. The Morgan fingerprint density at radius 2 is 1.95 bits per heavy atom. The summed E-state index contributed by atoms with van der Waals surface area (Å²) in [7, 11) is 3.11. The molecule has 0 bridgehead atoms. The van der Waals surface area contributed by atoms with E-state index in [1.165, 1.54) is 7.11 Å². The van der Waals surface area contributed by atoms with Crippen LogP contribution in [0.15, 0.2) is 35.9 Å². The highest BCUT2D eigenvalue weighted by Gasteiger charge is 2.43. The monoisotopic (exact) mass is 302 g/mol. The predicted octanol–water partition coefficient (Wildman–Crippen LogP) is 3.11. The van der Waals surface area contributed by atoms with Crippen molar-refractivity contribution in [1.82, 2.24) is 0 Å². The van der Waals surface area contributed by atoms with Crippen LogP contribution in [0.2, 0.25) is 0 Å². The smallest absolute Gasteiger partial charge is 0.333 e. The minimum atomic E-state index is -0.177. The molecule has 0 amide bonds. The minimum Gasteiger partial charge on any atom is -0.497 e. The first-order chi connectivity index (χ1) is 10.7. The number of rotatable bonds is 5. The van der Waals surface area contributed by atoms with Crippen molar-refractivity contribution in [2.24, 2.45) is 11.8 Å². The standard InChI is InChI=1S/C18H22O4/c1-20-13-5-3-12(4-6-13)11-22-17-10-9-14-15(17)7-8-16(14)18(19)21-2/h3-6,8,14-15,17H,7,9-11H2,1-2H3/t14-,15?,17?/m0/s1. The Kier molecular flexibility index (Phi) is 4.48. The fourth-order valence-corrected chi connectivity index (χ4v) is 3.63. The van der Waals surface area contributed by atoms with Gasteiger partial charge in [0.05, 0.1) is 26.9 Å². The topological polar surface area (TPSA) is 44.8 Å². The fraction of sp³-hybridized carbons (Fsp3) is 0.500. The molecule has 0 aromatic heterocycles. The highest BCUT2D eigenvalue weighted by atomic mass is 16.5. The van der Waals surface area contributed by atoms with Crippen molar-refractivity contribution in [2.75, 3.05) is 14.2 Å². The summed E-state index contributed by atoms with van der Waals surface area (Å²) in [4.78, 5) is 11.8. The third-order valence-electron chi connectivity index (χ3n) is 4.81. The van der Waals surface area contributed by atoms with Crippen LogP contribution in [0.5, 0.6) is 5.75 Å². The lowest BCUT2D eigenvalue weighted by atomic mass is 9.94. The van der Waals surface area contributed by atoms with E-state index in [-0.39, 0.29) is 12.1 Å². The van der Waals surface area contributed by atoms with Crippen LogP contribution in [0.4, 0.5) is 0 Å². The van der Waals surface area contributed by atoms with Gasteiger partial charge in [-0.15, -0.1) is 0 Å². The van der Waals surface area contributed by atoms with Gasteiger partial charge >= 0.3 is 5.97 Å². The molecule has 2 aliphatic carbocycles. The number of hydrogen-bond donors (Lipinski definition) is 0. The molecular formula is C18H22O4. The van der Waals surface area contributed by atoms with Gasteiger partial charge in [0, 0.05) is 5.57 Å². The Bertz CT molecular complexity index is 561. The van der Waals surface area contributed by atoms with Crippen LogP contribution in [0.25, 0.3) is 0 Å². The molecule has 2 unspecified atom stereocenters. The van der Waals surface area contributed by atoms with Crippen LogP contribution in [-0.2, 0) is 20.9 Å². The number of allylic oxidation sites excluding steroid dienone is 1. The first kappa shape index (κ1) is 15.1. The molecule has 4 nitrogen and oxygen atoms in total. The van der Waals surface area contributed by atoms with Gasteiger partial charge in [-0.1, -0.05) is 18.2 Å². The molecule has 3 atom stereocenters. The average Bonchev–Trinajstić information content (AvgIpc) is 3.14. The molecule has 2 aliphatic rings. The Hall–Kier alpha value is -1.81. The van der Waals surface area contributed by atoms with E-state index in [0.29, 0.717) is 18.4 Å². The van der Waals surface area contributed by atoms with Gasteiger partial charge in [-0.05, 0) is 48.8 Å². The van der Waals surface area contributed by atoms with E-state index in [9.17, 15) is 4.79 Å². The number of esters is 1. The summed E-state index contributed by atoms with van der Waals surface area (Å²) in [6, 6.07) is 7.95. The third-order valence-corrected chi connectivity index (χ3v) is 4.81. The first-order valence-electron chi connectivity index (χ1n) is 7.76. The molecule has 1 aromatic carbocycles. The van der Waals surface area contributed by atoms with Crippen molar-refractivity contribution in [3.05, 3.63) is 41.5 Å². The molecule has 4 heteroatoms. The van der Waals surface area contributed by atoms with Gasteiger partial charge in [-0.25, -0.2) is 4.79 Å². The molecule has 0 saturated heterocycles. The van der Waals surface area contributed by atoms with Crippen molar-refractivity contribution in [3.63, 3.8) is 0 Å². The maximum atomic E-state index is 11.8. The van der Waals surface area contributed by atoms with E-state index >= 15 is 0 Å². The number of ether oxygens (including phenoxy) is 3. The Morgan fingerprint density at radius 3 is 2.64 bits per heavy atom. The molecule has 0 spiro atoms. The molecular weight excluding hydrogens is 280 g/mol. The zero-order valence-electron chi connectivity index (χ0n) is 13.1. The van der Waals surface area contributed by atoms with Crippen LogP contribution in [0.3, 0.4) is 0 Å². The summed E-state index contributed by atoms with van der Waals surface area (Å²) < 4.78 is 16.1. The van der Waals surface area contributed by atoms with Gasteiger partial charge in [0.1, 0.15) is 5.75 Å². The van der Waals surface area contributed by atoms with Crippen LogP contribution in [0, 0.1) is 11.8 Å². The van der Waals surface area contributed by atoms with Gasteiger partial charge in [0.15, 0.2) is 0 Å². The van der Waals surface area contributed by atoms with E-state index in [1.54, 1.807) is 7.11 Å². The summed E-state index contributed by atoms with van der Waals surface area (Å²) >= 11 is 0. The zero-order chi connectivity index (χ0) is 15.5. The second kappa shape index (κ2) is 6.53. The van der Waals surface area contributed by atoms with Crippen molar-refractivity contribution in [3.8, 4) is 5.75 Å². The first-order valence-corrected chi connectivity index (χ1v) is 7.76. The van der Waals surface area contributed by atoms with E-state index in [4.69, 9.17) is 14.2 Å². The van der Waals surface area contributed by atoms with Gasteiger partial charge < -0.3 is 14.2 Å². The number of fused-ring (bicyclic) bond motifs is 1. The van der Waals surface area contributed by atoms with Gasteiger partial charge in [0.2, 0.25) is 0 Å². The van der Waals surface area contributed by atoms with Crippen molar-refractivity contribution >= 4 is 5.97 Å². The summed E-state index contributed by atoms with van der Waals surface area (Å²) in [6.45, 7) is 0.603. The maximum absolute atomic E-state index is 11.8. The minimum absolute atomic E-state index is 0.177. The van der Waals surface area contributed by atoms with Crippen molar-refractivity contribution < 1.29 is 19.0 Å². The molecule has 1 fully saturated rings. The van der Waals surface area contributed by atoms with E-state index < -0.39 is 0 Å².